The summed E-state index contributed by atoms with van der Waals surface area (Å²) in [6.45, 7) is 2.54. The number of carbonyl (C=O) groups is 3. The number of esters is 3. The van der Waals surface area contributed by atoms with E-state index in [2.05, 4.69) is 130 Å². The number of aliphatic hydroxyl groups is 2. The molecule has 0 aliphatic carbocycles. The van der Waals surface area contributed by atoms with E-state index in [1.807, 2.05) is 0 Å². The van der Waals surface area contributed by atoms with Gasteiger partial charge in [-0.05, 0) is 128 Å². The molecule has 0 aromatic heterocycles. The van der Waals surface area contributed by atoms with E-state index >= 15 is 0 Å². The summed E-state index contributed by atoms with van der Waals surface area (Å²) in [4.78, 5) is 58.5. The molecule has 0 aromatic carbocycles. The Kier molecular flexibility index (Phi) is 73.0. The van der Waals surface area contributed by atoms with Crippen LogP contribution in [0.1, 0.15) is 342 Å². The van der Waals surface area contributed by atoms with E-state index in [-0.39, 0.29) is 19.3 Å². The first-order valence-electron chi connectivity index (χ1n) is 40.2. The van der Waals surface area contributed by atoms with Gasteiger partial charge in [-0.3, -0.25) is 32.5 Å². The maximum atomic E-state index is 12.9. The van der Waals surface area contributed by atoms with Crippen LogP contribution in [0.3, 0.4) is 0 Å². The Morgan fingerprint density at radius 2 is 0.525 bits per heavy atom. The predicted octanol–water partition coefficient (Wildman–Crippen LogP) is 23.5. The Balaban J connectivity index is 4.37. The molecule has 0 aliphatic rings. The van der Waals surface area contributed by atoms with Crippen molar-refractivity contribution in [3.63, 3.8) is 0 Å². The first-order chi connectivity index (χ1) is 49.2. The SMILES string of the molecule is CC/C=C\C/C=C\C/C=C\C/C=C\C/C=C\C/C=C\CCCCCCCCCCCCCCCCCCC(=O)OCC(O)COP(=O)(O)OCC(O)COP(=O)(O)OCC(COC(=O)CCCCCCC/C=C\C/C=C\CCCCC)OC(=O)CCCCCCC/C=C\CCCCCCCC. The van der Waals surface area contributed by atoms with E-state index in [0.717, 1.165) is 141 Å². The largest absolute Gasteiger partial charge is 0.472 e. The minimum absolute atomic E-state index is 0.0930. The number of carbonyl (C=O) groups excluding carboxylic acids is 3. The molecule has 0 amide bonds. The molecular formula is C83H146O16P2. The van der Waals surface area contributed by atoms with Crippen molar-refractivity contribution >= 4 is 33.6 Å². The fraction of sp³-hybridized carbons (Fsp3) is 0.747. The van der Waals surface area contributed by atoms with Crippen LogP contribution in [0.5, 0.6) is 0 Å². The van der Waals surface area contributed by atoms with Gasteiger partial charge in [-0.15, -0.1) is 0 Å². The van der Waals surface area contributed by atoms with Gasteiger partial charge < -0.3 is 34.2 Å². The fourth-order valence-corrected chi connectivity index (χ4v) is 12.4. The predicted molar refractivity (Wildman–Crippen MR) is 417 cm³/mol. The van der Waals surface area contributed by atoms with Crippen LogP contribution in [0.4, 0.5) is 0 Å². The molecule has 16 nitrogen and oxygen atoms in total. The van der Waals surface area contributed by atoms with Gasteiger partial charge in [0.05, 0.1) is 26.4 Å². The number of unbranched alkanes of at least 4 members (excludes halogenated alkanes) is 35. The summed E-state index contributed by atoms with van der Waals surface area (Å²) in [6.07, 6.45) is 88.7. The normalized spacial score (nSPS) is 14.6. The standard InChI is InChI=1S/C83H146O16P2/c1-4-7-10-13-16-19-22-25-28-29-30-31-32-33-34-35-36-37-38-39-40-41-42-43-44-45-46-47-50-52-54-57-60-63-66-69-81(86)93-72-78(84)73-95-100(89,90)96-74-79(85)75-97-101(91,92)98-77-80(99-83(88)71-68-65-62-59-56-53-49-27-24-21-18-15-12-9-6-3)76-94-82(87)70-67-64-61-58-55-51-48-26-23-20-17-14-11-8-5-2/h7,10,16-17,19-20,25-28,30-31,33-34,36-37,48-49,78-80,84-85H,4-6,8-9,11-15,18,21-24,29,32,35,38-47,50-77H2,1-3H3,(H,89,90)(H,91,92)/b10-7-,19-16-,20-17-,28-25-,31-30-,34-33-,37-36-,48-26-,49-27-. The van der Waals surface area contributed by atoms with Gasteiger partial charge in [0.25, 0.3) is 0 Å². The minimum atomic E-state index is -4.93. The molecule has 0 heterocycles. The minimum Gasteiger partial charge on any atom is -0.463 e. The molecule has 0 aromatic rings. The molecule has 5 atom stereocenters. The molecule has 0 aliphatic heterocycles. The molecule has 0 saturated carbocycles. The van der Waals surface area contributed by atoms with E-state index < -0.39 is 91.5 Å². The topological polar surface area (TPSA) is 231 Å². The third-order valence-electron chi connectivity index (χ3n) is 17.0. The fourth-order valence-electron chi connectivity index (χ4n) is 10.8. The molecular weight excluding hydrogens is 1310 g/mol. The molecule has 0 bridgehead atoms. The van der Waals surface area contributed by atoms with Crippen molar-refractivity contribution in [2.75, 3.05) is 39.6 Å². The summed E-state index contributed by atoms with van der Waals surface area (Å²) >= 11 is 0. The van der Waals surface area contributed by atoms with Gasteiger partial charge in [0.1, 0.15) is 25.4 Å². The average Bonchev–Trinajstić information content (AvgIpc) is 1.74. The summed E-state index contributed by atoms with van der Waals surface area (Å²) in [5.41, 5.74) is 0. The van der Waals surface area contributed by atoms with E-state index in [0.29, 0.717) is 19.3 Å². The van der Waals surface area contributed by atoms with E-state index in [9.17, 15) is 43.5 Å². The molecule has 0 rings (SSSR count). The van der Waals surface area contributed by atoms with Crippen LogP contribution in [-0.4, -0.2) is 95.9 Å². The summed E-state index contributed by atoms with van der Waals surface area (Å²) in [7, 11) is -9.78. The lowest BCUT2D eigenvalue weighted by atomic mass is 10.0. The monoisotopic (exact) mass is 1460 g/mol. The van der Waals surface area contributed by atoms with E-state index in [4.69, 9.17) is 32.3 Å². The molecule has 0 radical (unpaired) electrons. The van der Waals surface area contributed by atoms with Gasteiger partial charge in [0.2, 0.25) is 0 Å². The van der Waals surface area contributed by atoms with Crippen LogP contribution in [0.25, 0.3) is 0 Å². The number of ether oxygens (including phenoxy) is 3. The molecule has 5 unspecified atom stereocenters. The Labute approximate surface area is 615 Å². The molecule has 0 spiro atoms. The highest BCUT2D eigenvalue weighted by Crippen LogP contribution is 2.45. The molecule has 101 heavy (non-hydrogen) atoms. The number of rotatable bonds is 76. The number of aliphatic hydroxyl groups excluding tert-OH is 2. The van der Waals surface area contributed by atoms with Crippen LogP contribution in [0.2, 0.25) is 0 Å². The summed E-state index contributed by atoms with van der Waals surface area (Å²) < 4.78 is 61.1. The van der Waals surface area contributed by atoms with Gasteiger partial charge in [-0.2, -0.15) is 0 Å². The lowest BCUT2D eigenvalue weighted by molar-refractivity contribution is -0.161. The Morgan fingerprint density at radius 1 is 0.287 bits per heavy atom. The number of hydrogen-bond acceptors (Lipinski definition) is 14. The number of hydrogen-bond donors (Lipinski definition) is 4. The second-order valence-electron chi connectivity index (χ2n) is 26.8. The highest BCUT2D eigenvalue weighted by molar-refractivity contribution is 7.47. The van der Waals surface area contributed by atoms with Crippen molar-refractivity contribution in [2.24, 2.45) is 0 Å². The van der Waals surface area contributed by atoms with Crippen LogP contribution in [0, 0.1) is 0 Å². The highest BCUT2D eigenvalue weighted by Gasteiger charge is 2.29. The number of allylic oxidation sites excluding steroid dienone is 18. The first-order valence-corrected chi connectivity index (χ1v) is 43.2. The average molecular weight is 1460 g/mol. The maximum Gasteiger partial charge on any atom is 0.472 e. The zero-order chi connectivity index (χ0) is 73.7. The third-order valence-corrected chi connectivity index (χ3v) is 18.9. The van der Waals surface area contributed by atoms with Crippen molar-refractivity contribution in [3.8, 4) is 0 Å². The smallest absolute Gasteiger partial charge is 0.463 e. The third kappa shape index (κ3) is 77.1. The van der Waals surface area contributed by atoms with Crippen LogP contribution in [-0.2, 0) is 55.8 Å². The van der Waals surface area contributed by atoms with Gasteiger partial charge >= 0.3 is 33.6 Å². The summed E-state index contributed by atoms with van der Waals surface area (Å²) in [6, 6.07) is 0. The highest BCUT2D eigenvalue weighted by atomic mass is 31.2. The van der Waals surface area contributed by atoms with Crippen molar-refractivity contribution in [1.82, 2.24) is 0 Å². The number of phosphoric acid groups is 2. The lowest BCUT2D eigenvalue weighted by Crippen LogP contribution is -2.30. The number of phosphoric ester groups is 2. The quantitative estimate of drug-likeness (QED) is 0.0146. The van der Waals surface area contributed by atoms with Crippen molar-refractivity contribution in [2.45, 2.75) is 360 Å². The summed E-state index contributed by atoms with van der Waals surface area (Å²) in [5.74, 6) is -1.59. The van der Waals surface area contributed by atoms with Gasteiger partial charge in [0, 0.05) is 19.3 Å². The molecule has 0 saturated heterocycles. The van der Waals surface area contributed by atoms with Gasteiger partial charge in [-0.1, -0.05) is 304 Å². The van der Waals surface area contributed by atoms with E-state index in [1.54, 1.807) is 0 Å². The Morgan fingerprint density at radius 3 is 0.861 bits per heavy atom. The van der Waals surface area contributed by atoms with Gasteiger partial charge in [-0.25, -0.2) is 9.13 Å². The van der Waals surface area contributed by atoms with Crippen molar-refractivity contribution in [3.05, 3.63) is 109 Å². The lowest BCUT2D eigenvalue weighted by Gasteiger charge is -2.21. The van der Waals surface area contributed by atoms with Gasteiger partial charge in [0.15, 0.2) is 6.10 Å². The molecule has 4 N–H and O–H groups in total. The molecule has 18 heteroatoms. The van der Waals surface area contributed by atoms with Crippen LogP contribution >= 0.6 is 15.6 Å². The zero-order valence-electron chi connectivity index (χ0n) is 63.8. The van der Waals surface area contributed by atoms with Crippen LogP contribution in [0.15, 0.2) is 109 Å². The molecule has 0 fully saturated rings. The van der Waals surface area contributed by atoms with Crippen molar-refractivity contribution < 1.29 is 75.8 Å². The maximum absolute atomic E-state index is 12.9. The Bertz CT molecular complexity index is 2270. The van der Waals surface area contributed by atoms with Crippen LogP contribution < -0.4 is 0 Å². The Hall–Kier alpha value is -3.79. The van der Waals surface area contributed by atoms with E-state index in [1.165, 1.54) is 141 Å². The second-order valence-corrected chi connectivity index (χ2v) is 29.7. The summed E-state index contributed by atoms with van der Waals surface area (Å²) in [5, 5.41) is 20.6. The molecule has 584 valence electrons. The van der Waals surface area contributed by atoms with Crippen molar-refractivity contribution in [1.29, 1.82) is 0 Å². The zero-order valence-corrected chi connectivity index (χ0v) is 65.6. The first kappa shape index (κ1) is 97.2. The second kappa shape index (κ2) is 75.9.